The molecule has 0 aliphatic rings. The van der Waals surface area contributed by atoms with E-state index in [4.69, 9.17) is 16.1 Å². The van der Waals surface area contributed by atoms with Gasteiger partial charge in [0.15, 0.2) is 0 Å². The van der Waals surface area contributed by atoms with Crippen molar-refractivity contribution in [2.24, 2.45) is 5.73 Å². The molecule has 1 atom stereocenters. The van der Waals surface area contributed by atoms with Gasteiger partial charge in [0.05, 0.1) is 6.42 Å². The number of nitrogens with two attached hydrogens (primary N) is 1. The van der Waals surface area contributed by atoms with Crippen LogP contribution >= 0.6 is 0 Å². The van der Waals surface area contributed by atoms with Crippen molar-refractivity contribution >= 4 is 5.97 Å². The number of carboxylic acids is 1. The number of carbonyl (C=O) groups is 1. The highest BCUT2D eigenvalue weighted by Crippen LogP contribution is 2.16. The molecular weight excluding hydrogens is 170 g/mol. The smallest absolute Gasteiger partial charge is 0.305 e. The van der Waals surface area contributed by atoms with Crippen LogP contribution in [-0.4, -0.2) is 16.1 Å². The van der Waals surface area contributed by atoms with Crippen molar-refractivity contribution in [3.8, 4) is 6.07 Å². The van der Waals surface area contributed by atoms with Crippen molar-refractivity contribution in [2.75, 3.05) is 0 Å². The van der Waals surface area contributed by atoms with Crippen molar-refractivity contribution < 1.29 is 9.90 Å². The van der Waals surface area contributed by atoms with Crippen LogP contribution in [0.2, 0.25) is 0 Å². The number of hydrogen-bond acceptors (Lipinski definition) is 3. The summed E-state index contributed by atoms with van der Waals surface area (Å²) in [7, 11) is 0. The van der Waals surface area contributed by atoms with E-state index in [0.717, 1.165) is 0 Å². The molecular formula is C8H9N3O2. The van der Waals surface area contributed by atoms with E-state index < -0.39 is 12.0 Å². The van der Waals surface area contributed by atoms with Gasteiger partial charge in [0, 0.05) is 17.8 Å². The Kier molecular flexibility index (Phi) is 2.67. The number of hydrogen-bond donors (Lipinski definition) is 3. The van der Waals surface area contributed by atoms with Crippen LogP contribution in [0.4, 0.5) is 0 Å². The van der Waals surface area contributed by atoms with Gasteiger partial charge in [0.2, 0.25) is 0 Å². The summed E-state index contributed by atoms with van der Waals surface area (Å²) in [6, 6.07) is 2.89. The minimum atomic E-state index is -0.974. The Morgan fingerprint density at radius 2 is 2.54 bits per heavy atom. The summed E-state index contributed by atoms with van der Waals surface area (Å²) in [6.07, 6.45) is 1.39. The largest absolute Gasteiger partial charge is 0.481 e. The fourth-order valence-electron chi connectivity index (χ4n) is 1.09. The number of rotatable bonds is 3. The average molecular weight is 179 g/mol. The molecule has 4 N–H and O–H groups in total. The molecule has 0 amide bonds. The predicted octanol–water partition coefficient (Wildman–Crippen LogP) is 0.361. The molecule has 0 unspecified atom stereocenters. The van der Waals surface area contributed by atoms with Gasteiger partial charge in [-0.25, -0.2) is 0 Å². The van der Waals surface area contributed by atoms with Crippen LogP contribution in [0.25, 0.3) is 0 Å². The van der Waals surface area contributed by atoms with Gasteiger partial charge in [-0.15, -0.1) is 0 Å². The van der Waals surface area contributed by atoms with Crippen molar-refractivity contribution in [2.45, 2.75) is 12.5 Å². The van der Waals surface area contributed by atoms with E-state index in [1.165, 1.54) is 0 Å². The summed E-state index contributed by atoms with van der Waals surface area (Å²) in [4.78, 5) is 13.0. The number of carboxylic acid groups (broad SMARTS) is 1. The molecule has 0 spiro atoms. The fourth-order valence-corrected chi connectivity index (χ4v) is 1.09. The number of nitriles is 1. The predicted molar refractivity (Wildman–Crippen MR) is 44.7 cm³/mol. The fraction of sp³-hybridized carbons (Fsp3) is 0.250. The quantitative estimate of drug-likeness (QED) is 0.623. The second-order valence-corrected chi connectivity index (χ2v) is 2.62. The van der Waals surface area contributed by atoms with Crippen molar-refractivity contribution in [3.05, 3.63) is 23.5 Å². The van der Waals surface area contributed by atoms with Crippen LogP contribution in [-0.2, 0) is 4.79 Å². The lowest BCUT2D eigenvalue weighted by molar-refractivity contribution is -0.137. The van der Waals surface area contributed by atoms with E-state index in [-0.39, 0.29) is 6.42 Å². The van der Waals surface area contributed by atoms with Crippen LogP contribution in [0, 0.1) is 11.3 Å². The highest BCUT2D eigenvalue weighted by atomic mass is 16.4. The molecule has 68 valence electrons. The second kappa shape index (κ2) is 3.74. The van der Waals surface area contributed by atoms with Gasteiger partial charge in [-0.3, -0.25) is 4.79 Å². The van der Waals surface area contributed by atoms with Crippen LogP contribution in [0.3, 0.4) is 0 Å². The zero-order valence-electron chi connectivity index (χ0n) is 6.82. The summed E-state index contributed by atoms with van der Waals surface area (Å²) < 4.78 is 0. The molecule has 0 aliphatic carbocycles. The third kappa shape index (κ3) is 2.07. The second-order valence-electron chi connectivity index (χ2n) is 2.62. The first kappa shape index (κ1) is 9.29. The molecule has 0 radical (unpaired) electrons. The number of H-pyrrole nitrogens is 1. The van der Waals surface area contributed by atoms with Crippen molar-refractivity contribution in [3.63, 3.8) is 0 Å². The van der Waals surface area contributed by atoms with E-state index in [0.29, 0.717) is 11.3 Å². The number of aromatic amines is 1. The van der Waals surface area contributed by atoms with Gasteiger partial charge in [-0.05, 0) is 6.07 Å². The normalized spacial score (nSPS) is 12.0. The molecule has 5 nitrogen and oxygen atoms in total. The maximum atomic E-state index is 10.3. The van der Waals surface area contributed by atoms with Crippen LogP contribution in [0.15, 0.2) is 12.3 Å². The molecule has 0 aromatic carbocycles. The number of nitrogens with zero attached hydrogens (tertiary/aromatic N) is 1. The summed E-state index contributed by atoms with van der Waals surface area (Å²) in [5, 5.41) is 17.1. The van der Waals surface area contributed by atoms with Gasteiger partial charge in [-0.1, -0.05) is 0 Å². The highest BCUT2D eigenvalue weighted by molar-refractivity contribution is 5.68. The van der Waals surface area contributed by atoms with Crippen molar-refractivity contribution in [1.29, 1.82) is 5.26 Å². The summed E-state index contributed by atoms with van der Waals surface area (Å²) in [5.74, 6) is -0.974. The first-order chi connectivity index (χ1) is 6.15. The minimum Gasteiger partial charge on any atom is -0.481 e. The Hall–Kier alpha value is -1.80. The van der Waals surface area contributed by atoms with Crippen LogP contribution in [0.5, 0.6) is 0 Å². The lowest BCUT2D eigenvalue weighted by atomic mass is 10.1. The maximum Gasteiger partial charge on any atom is 0.305 e. The first-order valence-corrected chi connectivity index (χ1v) is 3.70. The van der Waals surface area contributed by atoms with E-state index in [1.807, 2.05) is 6.07 Å². The Bertz CT molecular complexity index is 351. The summed E-state index contributed by atoms with van der Waals surface area (Å²) >= 11 is 0. The van der Waals surface area contributed by atoms with Gasteiger partial charge in [0.25, 0.3) is 0 Å². The van der Waals surface area contributed by atoms with E-state index in [1.54, 1.807) is 12.3 Å². The van der Waals surface area contributed by atoms with E-state index >= 15 is 0 Å². The van der Waals surface area contributed by atoms with Crippen molar-refractivity contribution in [1.82, 2.24) is 4.98 Å². The lowest BCUT2D eigenvalue weighted by Gasteiger charge is -2.06. The monoisotopic (exact) mass is 179 g/mol. The summed E-state index contributed by atoms with van der Waals surface area (Å²) in [6.45, 7) is 0. The molecule has 0 fully saturated rings. The molecule has 0 bridgehead atoms. The highest BCUT2D eigenvalue weighted by Gasteiger charge is 2.14. The van der Waals surface area contributed by atoms with Gasteiger partial charge in [0.1, 0.15) is 11.8 Å². The lowest BCUT2D eigenvalue weighted by Crippen LogP contribution is -2.15. The molecule has 1 heterocycles. The Morgan fingerprint density at radius 3 is 3.08 bits per heavy atom. The average Bonchev–Trinajstić information content (AvgIpc) is 2.49. The van der Waals surface area contributed by atoms with Gasteiger partial charge < -0.3 is 15.8 Å². The SMILES string of the molecule is N#Cc1[nH]ccc1[C@@H](N)CC(=O)O. The van der Waals surface area contributed by atoms with Gasteiger partial charge in [-0.2, -0.15) is 5.26 Å². The first-order valence-electron chi connectivity index (χ1n) is 3.70. The molecule has 1 rings (SSSR count). The molecule has 5 heteroatoms. The number of aliphatic carboxylic acids is 1. The molecule has 1 aromatic rings. The Balaban J connectivity index is 2.83. The maximum absolute atomic E-state index is 10.3. The Labute approximate surface area is 74.8 Å². The number of nitrogens with one attached hydrogen (secondary N) is 1. The van der Waals surface area contributed by atoms with Gasteiger partial charge >= 0.3 is 5.97 Å². The number of aromatic nitrogens is 1. The van der Waals surface area contributed by atoms with Crippen LogP contribution in [0.1, 0.15) is 23.7 Å². The molecule has 1 aromatic heterocycles. The molecule has 0 aliphatic heterocycles. The van der Waals surface area contributed by atoms with E-state index in [9.17, 15) is 4.79 Å². The standard InChI is InChI=1S/C8H9N3O2/c9-4-7-5(1-2-11-7)6(10)3-8(12)13/h1-2,6,11H,3,10H2,(H,12,13)/t6-/m0/s1. The third-order valence-corrected chi connectivity index (χ3v) is 1.69. The zero-order valence-corrected chi connectivity index (χ0v) is 6.82. The van der Waals surface area contributed by atoms with Crippen LogP contribution < -0.4 is 5.73 Å². The van der Waals surface area contributed by atoms with E-state index in [2.05, 4.69) is 4.98 Å². The minimum absolute atomic E-state index is 0.174. The molecule has 0 saturated heterocycles. The zero-order chi connectivity index (χ0) is 9.84. The molecule has 13 heavy (non-hydrogen) atoms. The summed E-state index contributed by atoms with van der Waals surface area (Å²) in [5.41, 5.74) is 6.44. The molecule has 0 saturated carbocycles. The third-order valence-electron chi connectivity index (χ3n) is 1.69. The Morgan fingerprint density at radius 1 is 1.85 bits per heavy atom. The topological polar surface area (TPSA) is 103 Å².